The summed E-state index contributed by atoms with van der Waals surface area (Å²) in [7, 11) is 3.80. The molecule has 1 aromatic heterocycles. The molecule has 0 saturated carbocycles. The number of aliphatic imine (C=N–C) groups is 1. The van der Waals surface area contributed by atoms with Gasteiger partial charge in [0.15, 0.2) is 5.96 Å². The number of fused-ring (bicyclic) bond motifs is 1. The Morgan fingerprint density at radius 2 is 2.09 bits per heavy atom. The molecule has 128 valence electrons. The largest absolute Gasteiger partial charge is 0.382 e. The topological polar surface area (TPSA) is 63.5 Å². The molecule has 0 atom stereocenters. The van der Waals surface area contributed by atoms with Crippen molar-refractivity contribution in [2.24, 2.45) is 12.0 Å². The highest BCUT2D eigenvalue weighted by atomic mass is 127. The zero-order valence-corrected chi connectivity index (χ0v) is 16.3. The highest BCUT2D eigenvalue weighted by molar-refractivity contribution is 14.0. The van der Waals surface area contributed by atoms with Crippen molar-refractivity contribution < 1.29 is 4.74 Å². The van der Waals surface area contributed by atoms with Gasteiger partial charge in [0.05, 0.1) is 17.6 Å². The molecule has 1 heterocycles. The molecule has 1 aromatic carbocycles. The van der Waals surface area contributed by atoms with Crippen LogP contribution in [0.3, 0.4) is 0 Å². The Morgan fingerprint density at radius 1 is 1.30 bits per heavy atom. The second-order valence-electron chi connectivity index (χ2n) is 4.98. The maximum Gasteiger partial charge on any atom is 0.191 e. The minimum Gasteiger partial charge on any atom is -0.382 e. The van der Waals surface area contributed by atoms with Gasteiger partial charge in [0.25, 0.3) is 0 Å². The lowest BCUT2D eigenvalue weighted by Crippen LogP contribution is -2.38. The Morgan fingerprint density at radius 3 is 2.78 bits per heavy atom. The number of guanidine groups is 1. The highest BCUT2D eigenvalue weighted by Crippen LogP contribution is 2.13. The summed E-state index contributed by atoms with van der Waals surface area (Å²) in [6.07, 6.45) is 0.959. The van der Waals surface area contributed by atoms with Gasteiger partial charge in [-0.1, -0.05) is 12.1 Å². The molecule has 2 aromatic rings. The second kappa shape index (κ2) is 10.4. The Bertz CT molecular complexity index is 626. The Kier molecular flexibility index (Phi) is 8.93. The van der Waals surface area contributed by atoms with Gasteiger partial charge in [-0.15, -0.1) is 24.0 Å². The number of hydrogen-bond donors (Lipinski definition) is 2. The smallest absolute Gasteiger partial charge is 0.191 e. The van der Waals surface area contributed by atoms with E-state index in [2.05, 4.69) is 31.2 Å². The fourth-order valence-corrected chi connectivity index (χ4v) is 2.26. The van der Waals surface area contributed by atoms with Crippen LogP contribution in [0.1, 0.15) is 19.2 Å². The van der Waals surface area contributed by atoms with Crippen molar-refractivity contribution in [3.05, 3.63) is 30.1 Å². The number of para-hydroxylation sites is 2. The first-order chi connectivity index (χ1) is 10.8. The van der Waals surface area contributed by atoms with E-state index in [4.69, 9.17) is 4.74 Å². The summed E-state index contributed by atoms with van der Waals surface area (Å²) in [4.78, 5) is 8.86. The van der Waals surface area contributed by atoms with Crippen LogP contribution in [0, 0.1) is 0 Å². The molecule has 2 N–H and O–H groups in total. The van der Waals surface area contributed by atoms with E-state index in [0.717, 1.165) is 49.0 Å². The van der Waals surface area contributed by atoms with E-state index in [1.807, 2.05) is 32.2 Å². The zero-order valence-electron chi connectivity index (χ0n) is 14.0. The number of rotatable bonds is 7. The van der Waals surface area contributed by atoms with Gasteiger partial charge in [0.2, 0.25) is 0 Å². The third kappa shape index (κ3) is 5.65. The highest BCUT2D eigenvalue weighted by Gasteiger charge is 2.07. The van der Waals surface area contributed by atoms with Gasteiger partial charge >= 0.3 is 0 Å². The first-order valence-electron chi connectivity index (χ1n) is 7.68. The van der Waals surface area contributed by atoms with E-state index in [1.165, 1.54) is 0 Å². The van der Waals surface area contributed by atoms with Crippen LogP contribution in [0.5, 0.6) is 0 Å². The quantitative estimate of drug-likeness (QED) is 0.306. The van der Waals surface area contributed by atoms with Crippen molar-refractivity contribution in [2.75, 3.05) is 26.8 Å². The van der Waals surface area contributed by atoms with E-state index in [1.54, 1.807) is 7.05 Å². The van der Waals surface area contributed by atoms with Gasteiger partial charge in [-0.2, -0.15) is 0 Å². The number of benzene rings is 1. The average molecular weight is 431 g/mol. The summed E-state index contributed by atoms with van der Waals surface area (Å²) in [5.74, 6) is 1.77. The van der Waals surface area contributed by atoms with E-state index >= 15 is 0 Å². The van der Waals surface area contributed by atoms with E-state index in [9.17, 15) is 0 Å². The summed E-state index contributed by atoms with van der Waals surface area (Å²) in [5.41, 5.74) is 2.15. The molecule has 0 bridgehead atoms. The summed E-state index contributed by atoms with van der Waals surface area (Å²) in [6.45, 7) is 5.01. The molecule has 0 radical (unpaired) electrons. The molecule has 0 aliphatic heterocycles. The van der Waals surface area contributed by atoms with Gasteiger partial charge in [-0.3, -0.25) is 4.99 Å². The van der Waals surface area contributed by atoms with Crippen LogP contribution in [0.2, 0.25) is 0 Å². The Balaban J connectivity index is 0.00000264. The minimum atomic E-state index is 0. The van der Waals surface area contributed by atoms with Crippen molar-refractivity contribution in [2.45, 2.75) is 19.9 Å². The molecule has 0 aliphatic carbocycles. The summed E-state index contributed by atoms with van der Waals surface area (Å²) in [5, 5.41) is 6.57. The molecule has 2 rings (SSSR count). The molecule has 0 spiro atoms. The van der Waals surface area contributed by atoms with Crippen LogP contribution in [0.4, 0.5) is 0 Å². The van der Waals surface area contributed by atoms with Gasteiger partial charge in [0.1, 0.15) is 5.82 Å². The van der Waals surface area contributed by atoms with Crippen molar-refractivity contribution in [3.63, 3.8) is 0 Å². The molecule has 0 fully saturated rings. The van der Waals surface area contributed by atoms with E-state index in [0.29, 0.717) is 6.54 Å². The number of nitrogens with zero attached hydrogens (tertiary/aromatic N) is 3. The second-order valence-corrected chi connectivity index (χ2v) is 4.98. The van der Waals surface area contributed by atoms with E-state index < -0.39 is 0 Å². The number of halogens is 1. The Labute approximate surface area is 154 Å². The van der Waals surface area contributed by atoms with Crippen LogP contribution < -0.4 is 10.6 Å². The van der Waals surface area contributed by atoms with Crippen molar-refractivity contribution in [1.29, 1.82) is 0 Å². The predicted octanol–water partition coefficient (Wildman–Crippen LogP) is 2.28. The zero-order chi connectivity index (χ0) is 15.8. The van der Waals surface area contributed by atoms with E-state index in [-0.39, 0.29) is 24.0 Å². The van der Waals surface area contributed by atoms with Crippen LogP contribution in [-0.4, -0.2) is 42.3 Å². The van der Waals surface area contributed by atoms with Gasteiger partial charge < -0.3 is 19.9 Å². The fourth-order valence-electron chi connectivity index (χ4n) is 2.26. The first kappa shape index (κ1) is 19.7. The summed E-state index contributed by atoms with van der Waals surface area (Å²) < 4.78 is 7.42. The number of ether oxygens (including phenoxy) is 1. The fraction of sp³-hybridized carbons (Fsp3) is 0.500. The van der Waals surface area contributed by atoms with Gasteiger partial charge in [-0.25, -0.2) is 4.98 Å². The number of hydrogen-bond acceptors (Lipinski definition) is 3. The van der Waals surface area contributed by atoms with Crippen LogP contribution in [0.15, 0.2) is 29.3 Å². The molecule has 6 nitrogen and oxygen atoms in total. The molecule has 0 unspecified atom stereocenters. The number of imidazole rings is 1. The number of aryl methyl sites for hydroxylation is 1. The summed E-state index contributed by atoms with van der Waals surface area (Å²) in [6, 6.07) is 8.14. The molecule has 0 saturated heterocycles. The predicted molar refractivity (Wildman–Crippen MR) is 105 cm³/mol. The maximum absolute atomic E-state index is 5.31. The molecular weight excluding hydrogens is 405 g/mol. The maximum atomic E-state index is 5.31. The SMILES string of the molecule is CCOCCCNC(=NC)NCc1nc2ccccc2n1C.I. The number of nitrogens with one attached hydrogen (secondary N) is 2. The average Bonchev–Trinajstić information content (AvgIpc) is 2.87. The van der Waals surface area contributed by atoms with Crippen LogP contribution in [-0.2, 0) is 18.3 Å². The molecule has 0 amide bonds. The lowest BCUT2D eigenvalue weighted by molar-refractivity contribution is 0.145. The van der Waals surface area contributed by atoms with Crippen molar-refractivity contribution in [3.8, 4) is 0 Å². The molecular formula is C16H26IN5O. The molecule has 0 aliphatic rings. The third-order valence-corrected chi connectivity index (χ3v) is 3.48. The normalized spacial score (nSPS) is 11.3. The standard InChI is InChI=1S/C16H25N5O.HI/c1-4-22-11-7-10-18-16(17-2)19-12-15-20-13-8-5-6-9-14(13)21(15)3;/h5-6,8-9H,4,7,10-12H2,1-3H3,(H2,17,18,19);1H. The third-order valence-electron chi connectivity index (χ3n) is 3.48. The van der Waals surface area contributed by atoms with Gasteiger partial charge in [-0.05, 0) is 25.5 Å². The summed E-state index contributed by atoms with van der Waals surface area (Å²) >= 11 is 0. The van der Waals surface area contributed by atoms with Crippen molar-refractivity contribution in [1.82, 2.24) is 20.2 Å². The first-order valence-corrected chi connectivity index (χ1v) is 7.68. The van der Waals surface area contributed by atoms with Gasteiger partial charge in [0, 0.05) is 33.9 Å². The van der Waals surface area contributed by atoms with Crippen molar-refractivity contribution >= 4 is 41.0 Å². The Hall–Kier alpha value is -1.35. The van der Waals surface area contributed by atoms with Crippen LogP contribution >= 0.6 is 24.0 Å². The monoisotopic (exact) mass is 431 g/mol. The molecule has 23 heavy (non-hydrogen) atoms. The molecule has 7 heteroatoms. The lowest BCUT2D eigenvalue weighted by atomic mass is 10.3. The lowest BCUT2D eigenvalue weighted by Gasteiger charge is -2.11. The van der Waals surface area contributed by atoms with Crippen LogP contribution in [0.25, 0.3) is 11.0 Å². The number of aromatic nitrogens is 2. The minimum absolute atomic E-state index is 0.